The van der Waals surface area contributed by atoms with Crippen molar-refractivity contribution in [3.63, 3.8) is 0 Å². The number of benzene rings is 1. The minimum Gasteiger partial charge on any atom is -0.478 e. The fourth-order valence-corrected chi connectivity index (χ4v) is 4.41. The maximum Gasteiger partial charge on any atom is 0.328 e. The van der Waals surface area contributed by atoms with Gasteiger partial charge in [0, 0.05) is 56.1 Å². The lowest BCUT2D eigenvalue weighted by atomic mass is 10.1. The van der Waals surface area contributed by atoms with E-state index < -0.39 is 11.9 Å². The molecule has 0 atom stereocenters. The van der Waals surface area contributed by atoms with Crippen molar-refractivity contribution in [2.75, 3.05) is 45.2 Å². The molecule has 9 heteroatoms. The van der Waals surface area contributed by atoms with E-state index >= 15 is 0 Å². The predicted octanol–water partition coefficient (Wildman–Crippen LogP) is 3.48. The lowest BCUT2D eigenvalue weighted by Crippen LogP contribution is -2.47. The summed E-state index contributed by atoms with van der Waals surface area (Å²) in [7, 11) is 4.35. The fourth-order valence-electron chi connectivity index (χ4n) is 3.57. The van der Waals surface area contributed by atoms with Crippen molar-refractivity contribution in [1.82, 2.24) is 9.80 Å². The first-order chi connectivity index (χ1) is 15.2. The number of carboxylic acid groups (broad SMARTS) is 2. The van der Waals surface area contributed by atoms with Crippen LogP contribution in [0.2, 0.25) is 0 Å². The van der Waals surface area contributed by atoms with Crippen LogP contribution < -0.4 is 4.90 Å². The largest absolute Gasteiger partial charge is 0.478 e. The molecule has 0 bridgehead atoms. The molecule has 32 heavy (non-hydrogen) atoms. The number of thiophene rings is 1. The summed E-state index contributed by atoms with van der Waals surface area (Å²) in [5, 5.41) is 20.1. The standard InChI is InChI=1S/C19H24N4S.C4H4O4/c1-13-9-16-17(10-14(13)2)22(4)18-12-24-11-15(18)19(20-16)23-7-5-21(3)6-8-23;5-3(6)1-2-4(7)8/h9-12H,5-8H2,1-4H3;1-2H,(H,5,6)(H,7,8)/b;2-1+. The Labute approximate surface area is 191 Å². The summed E-state index contributed by atoms with van der Waals surface area (Å²) < 4.78 is 0. The molecule has 1 saturated heterocycles. The van der Waals surface area contributed by atoms with Gasteiger partial charge in [-0.15, -0.1) is 11.3 Å². The molecule has 0 spiro atoms. The highest BCUT2D eigenvalue weighted by Gasteiger charge is 2.27. The van der Waals surface area contributed by atoms with E-state index in [1.807, 2.05) is 0 Å². The Morgan fingerprint density at radius 1 is 0.938 bits per heavy atom. The zero-order valence-electron chi connectivity index (χ0n) is 18.7. The number of amidine groups is 1. The lowest BCUT2D eigenvalue weighted by Gasteiger charge is -2.34. The Bertz CT molecular complexity index is 1050. The second-order valence-corrected chi connectivity index (χ2v) is 8.63. The van der Waals surface area contributed by atoms with Gasteiger partial charge < -0.3 is 24.9 Å². The maximum atomic E-state index is 9.55. The van der Waals surface area contributed by atoms with Crippen LogP contribution in [0.3, 0.4) is 0 Å². The maximum absolute atomic E-state index is 9.55. The molecule has 2 N–H and O–H groups in total. The van der Waals surface area contributed by atoms with Crippen LogP contribution in [0, 0.1) is 13.8 Å². The van der Waals surface area contributed by atoms with Gasteiger partial charge in [0.25, 0.3) is 0 Å². The second kappa shape index (κ2) is 9.97. The molecule has 0 saturated carbocycles. The van der Waals surface area contributed by atoms with Crippen molar-refractivity contribution < 1.29 is 19.8 Å². The molecule has 2 aromatic rings. The highest BCUT2D eigenvalue weighted by atomic mass is 32.1. The Morgan fingerprint density at radius 2 is 1.53 bits per heavy atom. The van der Waals surface area contributed by atoms with Crippen LogP contribution in [0.15, 0.2) is 40.0 Å². The van der Waals surface area contributed by atoms with Crippen LogP contribution >= 0.6 is 11.3 Å². The van der Waals surface area contributed by atoms with Crippen LogP contribution in [0.25, 0.3) is 0 Å². The molecule has 2 aliphatic heterocycles. The third-order valence-corrected chi connectivity index (χ3v) is 6.32. The van der Waals surface area contributed by atoms with Crippen molar-refractivity contribution in [2.24, 2.45) is 4.99 Å². The number of nitrogens with zero attached hydrogens (tertiary/aromatic N) is 4. The Morgan fingerprint density at radius 3 is 2.12 bits per heavy atom. The molecular weight excluding hydrogens is 428 g/mol. The van der Waals surface area contributed by atoms with Gasteiger partial charge in [0.2, 0.25) is 0 Å². The number of fused-ring (bicyclic) bond motifs is 2. The summed E-state index contributed by atoms with van der Waals surface area (Å²) in [6, 6.07) is 4.50. The van der Waals surface area contributed by atoms with Gasteiger partial charge in [-0.3, -0.25) is 0 Å². The van der Waals surface area contributed by atoms with Crippen molar-refractivity contribution in [3.05, 3.63) is 51.7 Å². The van der Waals surface area contributed by atoms with Gasteiger partial charge in [-0.1, -0.05) is 0 Å². The fraction of sp³-hybridized carbons (Fsp3) is 0.348. The minimum absolute atomic E-state index is 0.558. The zero-order chi connectivity index (χ0) is 23.4. The molecule has 170 valence electrons. The van der Waals surface area contributed by atoms with E-state index in [0.29, 0.717) is 12.2 Å². The van der Waals surface area contributed by atoms with Crippen molar-refractivity contribution in [3.8, 4) is 0 Å². The third kappa shape index (κ3) is 5.35. The van der Waals surface area contributed by atoms with Gasteiger partial charge in [0.1, 0.15) is 5.84 Å². The van der Waals surface area contributed by atoms with Crippen molar-refractivity contribution in [1.29, 1.82) is 0 Å². The summed E-state index contributed by atoms with van der Waals surface area (Å²) in [4.78, 5) is 31.4. The summed E-state index contributed by atoms with van der Waals surface area (Å²) in [6.45, 7) is 8.60. The van der Waals surface area contributed by atoms with E-state index in [-0.39, 0.29) is 0 Å². The summed E-state index contributed by atoms with van der Waals surface area (Å²) in [5.74, 6) is -1.38. The van der Waals surface area contributed by atoms with E-state index in [9.17, 15) is 9.59 Å². The van der Waals surface area contributed by atoms with Crippen LogP contribution in [0.5, 0.6) is 0 Å². The van der Waals surface area contributed by atoms with Crippen LogP contribution in [0.1, 0.15) is 16.7 Å². The Kier molecular flexibility index (Phi) is 7.32. The number of carbonyl (C=O) groups is 2. The van der Waals surface area contributed by atoms with Gasteiger partial charge in [-0.05, 0) is 44.2 Å². The highest BCUT2D eigenvalue weighted by Crippen LogP contribution is 2.41. The number of hydrogen-bond donors (Lipinski definition) is 2. The van der Waals surface area contributed by atoms with Crippen LogP contribution in [0.4, 0.5) is 17.1 Å². The zero-order valence-corrected chi connectivity index (χ0v) is 19.5. The van der Waals surface area contributed by atoms with Crippen LogP contribution in [-0.4, -0.2) is 78.1 Å². The van der Waals surface area contributed by atoms with Gasteiger partial charge in [0.05, 0.1) is 22.6 Å². The number of likely N-dealkylation sites (N-methyl/N-ethyl adjacent to an activating group) is 1. The monoisotopic (exact) mass is 456 g/mol. The molecule has 1 aromatic heterocycles. The van der Waals surface area contributed by atoms with Crippen molar-refractivity contribution >= 4 is 46.2 Å². The average Bonchev–Trinajstić information content (AvgIpc) is 3.19. The number of aliphatic carboxylic acids is 2. The quantitative estimate of drug-likeness (QED) is 0.668. The molecule has 2 aliphatic rings. The second-order valence-electron chi connectivity index (χ2n) is 7.89. The predicted molar refractivity (Wildman–Crippen MR) is 128 cm³/mol. The molecule has 1 fully saturated rings. The molecule has 0 radical (unpaired) electrons. The number of carboxylic acids is 2. The first kappa shape index (κ1) is 23.5. The molecule has 3 heterocycles. The highest BCUT2D eigenvalue weighted by molar-refractivity contribution is 7.08. The molecule has 0 aliphatic carbocycles. The van der Waals surface area contributed by atoms with Gasteiger partial charge in [-0.25, -0.2) is 14.6 Å². The van der Waals surface area contributed by atoms with Crippen molar-refractivity contribution in [2.45, 2.75) is 13.8 Å². The smallest absolute Gasteiger partial charge is 0.328 e. The SMILES string of the molecule is Cc1cc2c(cc1C)N(C)c1cscc1C(N1CCN(C)CC1)=N2.O=C(O)/C=C/C(=O)O. The normalized spacial score (nSPS) is 15.9. The number of aliphatic imine (C=N–C) groups is 1. The molecular formula is C23H28N4O4S. The van der Waals surface area contributed by atoms with E-state index in [4.69, 9.17) is 15.2 Å². The topological polar surface area (TPSA) is 96.7 Å². The van der Waals surface area contributed by atoms with Crippen LogP contribution in [-0.2, 0) is 9.59 Å². The first-order valence-electron chi connectivity index (χ1n) is 10.2. The van der Waals surface area contributed by atoms with Gasteiger partial charge in [-0.2, -0.15) is 0 Å². The summed E-state index contributed by atoms with van der Waals surface area (Å²) in [5.41, 5.74) is 7.42. The van der Waals surface area contributed by atoms with E-state index in [1.54, 1.807) is 11.3 Å². The first-order valence-corrected chi connectivity index (χ1v) is 11.2. The van der Waals surface area contributed by atoms with E-state index in [0.717, 1.165) is 37.7 Å². The minimum atomic E-state index is -1.26. The van der Waals surface area contributed by atoms with Gasteiger partial charge in [0.15, 0.2) is 0 Å². The van der Waals surface area contributed by atoms with Gasteiger partial charge >= 0.3 is 11.9 Å². The number of aryl methyl sites for hydroxylation is 2. The molecule has 8 nitrogen and oxygen atoms in total. The number of rotatable bonds is 2. The number of piperazine rings is 1. The summed E-state index contributed by atoms with van der Waals surface area (Å²) in [6.07, 6.45) is 1.12. The third-order valence-electron chi connectivity index (χ3n) is 5.59. The van der Waals surface area contributed by atoms with E-state index in [2.05, 4.69) is 65.5 Å². The summed E-state index contributed by atoms with van der Waals surface area (Å²) >= 11 is 1.76. The molecule has 4 rings (SSSR count). The Balaban J connectivity index is 0.000000312. The molecule has 0 unspecified atom stereocenters. The lowest BCUT2D eigenvalue weighted by molar-refractivity contribution is -0.134. The Hall–Kier alpha value is -3.17. The van der Waals surface area contributed by atoms with E-state index in [1.165, 1.54) is 28.1 Å². The number of hydrogen-bond acceptors (Lipinski definition) is 7. The number of anilines is 2. The average molecular weight is 457 g/mol. The molecule has 0 amide bonds. The molecule has 1 aromatic carbocycles.